The van der Waals surface area contributed by atoms with E-state index < -0.39 is 10.0 Å². The molecule has 0 aliphatic carbocycles. The van der Waals surface area contributed by atoms with Crippen molar-refractivity contribution in [3.05, 3.63) is 23.5 Å². The fourth-order valence-corrected chi connectivity index (χ4v) is 3.54. The van der Waals surface area contributed by atoms with Crippen molar-refractivity contribution in [2.75, 3.05) is 19.3 Å². The number of pyridine rings is 1. The molecule has 0 bridgehead atoms. The molecule has 2 aromatic heterocycles. The minimum absolute atomic E-state index is 0.0419. The third-order valence-electron chi connectivity index (χ3n) is 4.03. The number of carbonyl (C=O) groups is 1. The second kappa shape index (κ2) is 5.89. The van der Waals surface area contributed by atoms with E-state index in [9.17, 15) is 13.2 Å². The van der Waals surface area contributed by atoms with E-state index in [2.05, 4.69) is 15.5 Å². The van der Waals surface area contributed by atoms with Gasteiger partial charge in [0.15, 0.2) is 0 Å². The Labute approximate surface area is 133 Å². The van der Waals surface area contributed by atoms with Crippen molar-refractivity contribution in [3.8, 4) is 0 Å². The summed E-state index contributed by atoms with van der Waals surface area (Å²) < 4.78 is 29.4. The van der Waals surface area contributed by atoms with E-state index in [-0.39, 0.29) is 11.9 Å². The van der Waals surface area contributed by atoms with Gasteiger partial charge in [0.2, 0.25) is 10.0 Å². The highest BCUT2D eigenvalue weighted by atomic mass is 32.2. The average molecular weight is 338 g/mol. The SMILES string of the molecule is Cc1noc2ncc(C(=O)NC3CCN(S(C)(=O)=O)CC3)cc12. The molecule has 0 aromatic carbocycles. The Morgan fingerprint density at radius 3 is 2.74 bits per heavy atom. The quantitative estimate of drug-likeness (QED) is 0.882. The third-order valence-corrected chi connectivity index (χ3v) is 5.33. The van der Waals surface area contributed by atoms with Crippen LogP contribution in [-0.4, -0.2) is 54.2 Å². The number of sulfonamides is 1. The van der Waals surface area contributed by atoms with Gasteiger partial charge in [0, 0.05) is 25.3 Å². The van der Waals surface area contributed by atoms with Crippen molar-refractivity contribution in [2.24, 2.45) is 0 Å². The molecular formula is C14H18N4O4S. The summed E-state index contributed by atoms with van der Waals surface area (Å²) >= 11 is 0. The molecule has 1 amide bonds. The van der Waals surface area contributed by atoms with Crippen LogP contribution in [0, 0.1) is 6.92 Å². The van der Waals surface area contributed by atoms with Crippen molar-refractivity contribution < 1.29 is 17.7 Å². The van der Waals surface area contributed by atoms with Crippen molar-refractivity contribution >= 4 is 27.0 Å². The third kappa shape index (κ3) is 3.35. The van der Waals surface area contributed by atoms with Crippen molar-refractivity contribution in [3.63, 3.8) is 0 Å². The van der Waals surface area contributed by atoms with Crippen LogP contribution < -0.4 is 5.32 Å². The van der Waals surface area contributed by atoms with E-state index in [0.29, 0.717) is 48.3 Å². The fourth-order valence-electron chi connectivity index (χ4n) is 2.67. The zero-order valence-corrected chi connectivity index (χ0v) is 13.8. The first-order valence-corrected chi connectivity index (χ1v) is 9.17. The lowest BCUT2D eigenvalue weighted by molar-refractivity contribution is 0.0923. The summed E-state index contributed by atoms with van der Waals surface area (Å²) in [6.07, 6.45) is 3.85. The smallest absolute Gasteiger partial charge is 0.257 e. The van der Waals surface area contributed by atoms with Gasteiger partial charge in [-0.3, -0.25) is 4.79 Å². The van der Waals surface area contributed by atoms with E-state index in [1.807, 2.05) is 0 Å². The molecule has 124 valence electrons. The van der Waals surface area contributed by atoms with Gasteiger partial charge in [-0.05, 0) is 25.8 Å². The van der Waals surface area contributed by atoms with E-state index in [0.717, 1.165) is 0 Å². The summed E-state index contributed by atoms with van der Waals surface area (Å²) in [5.41, 5.74) is 1.53. The summed E-state index contributed by atoms with van der Waals surface area (Å²) in [7, 11) is -3.16. The topological polar surface area (TPSA) is 105 Å². The second-order valence-corrected chi connectivity index (χ2v) is 7.74. The van der Waals surface area contributed by atoms with Gasteiger partial charge in [-0.25, -0.2) is 17.7 Å². The van der Waals surface area contributed by atoms with Gasteiger partial charge < -0.3 is 9.84 Å². The Hall–Kier alpha value is -2.00. The lowest BCUT2D eigenvalue weighted by Crippen LogP contribution is -2.46. The van der Waals surface area contributed by atoms with Crippen molar-refractivity contribution in [2.45, 2.75) is 25.8 Å². The maximum atomic E-state index is 12.3. The zero-order valence-electron chi connectivity index (χ0n) is 12.9. The molecule has 8 nitrogen and oxygen atoms in total. The summed E-state index contributed by atoms with van der Waals surface area (Å²) in [6, 6.07) is 1.66. The summed E-state index contributed by atoms with van der Waals surface area (Å²) in [4.78, 5) is 16.4. The standard InChI is InChI=1S/C14H18N4O4S/c1-9-12-7-10(8-15-14(12)22-17-9)13(19)16-11-3-5-18(6-4-11)23(2,20)21/h7-8,11H,3-6H2,1-2H3,(H,16,19). The maximum absolute atomic E-state index is 12.3. The predicted molar refractivity (Wildman–Crippen MR) is 83.4 cm³/mol. The molecule has 0 spiro atoms. The van der Waals surface area contributed by atoms with Crippen LogP contribution in [0.15, 0.2) is 16.8 Å². The highest BCUT2D eigenvalue weighted by Crippen LogP contribution is 2.18. The Morgan fingerprint density at radius 1 is 1.39 bits per heavy atom. The average Bonchev–Trinajstić information content (AvgIpc) is 2.88. The van der Waals surface area contributed by atoms with E-state index >= 15 is 0 Å². The first-order chi connectivity index (χ1) is 10.8. The number of nitrogens with one attached hydrogen (secondary N) is 1. The van der Waals surface area contributed by atoms with Gasteiger partial charge in [-0.2, -0.15) is 0 Å². The summed E-state index contributed by atoms with van der Waals surface area (Å²) in [5, 5.41) is 7.46. The monoisotopic (exact) mass is 338 g/mol. The van der Waals surface area contributed by atoms with Crippen LogP contribution in [0.1, 0.15) is 28.9 Å². The number of fused-ring (bicyclic) bond motifs is 1. The number of aryl methyl sites for hydroxylation is 1. The highest BCUT2D eigenvalue weighted by molar-refractivity contribution is 7.88. The van der Waals surface area contributed by atoms with Gasteiger partial charge in [0.25, 0.3) is 11.6 Å². The number of amides is 1. The molecule has 1 fully saturated rings. The number of nitrogens with zero attached hydrogens (tertiary/aromatic N) is 3. The lowest BCUT2D eigenvalue weighted by atomic mass is 10.1. The first-order valence-electron chi connectivity index (χ1n) is 7.32. The molecule has 1 aliphatic rings. The van der Waals surface area contributed by atoms with Gasteiger partial charge in [0.05, 0.1) is 22.9 Å². The molecular weight excluding hydrogens is 320 g/mol. The molecule has 23 heavy (non-hydrogen) atoms. The van der Waals surface area contributed by atoms with Crippen LogP contribution in [0.3, 0.4) is 0 Å². The molecule has 0 atom stereocenters. The summed E-state index contributed by atoms with van der Waals surface area (Å²) in [5.74, 6) is -0.224. The fraction of sp³-hybridized carbons (Fsp3) is 0.500. The highest BCUT2D eigenvalue weighted by Gasteiger charge is 2.26. The molecule has 3 heterocycles. The Kier molecular flexibility index (Phi) is 4.07. The Morgan fingerprint density at radius 2 is 2.09 bits per heavy atom. The van der Waals surface area contributed by atoms with Crippen LogP contribution in [0.25, 0.3) is 11.1 Å². The molecule has 0 radical (unpaired) electrons. The lowest BCUT2D eigenvalue weighted by Gasteiger charge is -2.30. The minimum atomic E-state index is -3.16. The number of hydrogen-bond donors (Lipinski definition) is 1. The molecule has 1 saturated heterocycles. The van der Waals surface area contributed by atoms with Crippen LogP contribution >= 0.6 is 0 Å². The van der Waals surface area contributed by atoms with E-state index in [4.69, 9.17) is 4.52 Å². The maximum Gasteiger partial charge on any atom is 0.257 e. The van der Waals surface area contributed by atoms with Gasteiger partial charge in [-0.1, -0.05) is 5.16 Å². The van der Waals surface area contributed by atoms with Gasteiger partial charge in [-0.15, -0.1) is 0 Å². The molecule has 1 N–H and O–H groups in total. The Bertz CT molecular complexity index is 838. The number of carbonyl (C=O) groups excluding carboxylic acids is 1. The first kappa shape index (κ1) is 15.9. The van der Waals surface area contributed by atoms with E-state index in [1.165, 1.54) is 16.8 Å². The molecule has 2 aromatic rings. The normalized spacial score (nSPS) is 17.5. The predicted octanol–water partition coefficient (Wildman–Crippen LogP) is 0.685. The number of hydrogen-bond acceptors (Lipinski definition) is 6. The van der Waals surface area contributed by atoms with Gasteiger partial charge in [0.1, 0.15) is 0 Å². The molecule has 3 rings (SSSR count). The molecule has 0 saturated carbocycles. The van der Waals surface area contributed by atoms with Crippen LogP contribution in [0.5, 0.6) is 0 Å². The molecule has 9 heteroatoms. The molecule has 1 aliphatic heterocycles. The van der Waals surface area contributed by atoms with Crippen molar-refractivity contribution in [1.82, 2.24) is 19.8 Å². The van der Waals surface area contributed by atoms with Crippen LogP contribution in [-0.2, 0) is 10.0 Å². The zero-order chi connectivity index (χ0) is 16.6. The number of aromatic nitrogens is 2. The van der Waals surface area contributed by atoms with Crippen LogP contribution in [0.2, 0.25) is 0 Å². The number of piperidine rings is 1. The van der Waals surface area contributed by atoms with Gasteiger partial charge >= 0.3 is 0 Å². The number of rotatable bonds is 3. The minimum Gasteiger partial charge on any atom is -0.349 e. The molecule has 0 unspecified atom stereocenters. The van der Waals surface area contributed by atoms with E-state index in [1.54, 1.807) is 13.0 Å². The largest absolute Gasteiger partial charge is 0.349 e. The Balaban J connectivity index is 1.66. The van der Waals surface area contributed by atoms with Crippen molar-refractivity contribution in [1.29, 1.82) is 0 Å². The summed E-state index contributed by atoms with van der Waals surface area (Å²) in [6.45, 7) is 2.63. The van der Waals surface area contributed by atoms with Crippen LogP contribution in [0.4, 0.5) is 0 Å². The second-order valence-electron chi connectivity index (χ2n) is 5.75.